The molecular weight excluding hydrogens is 830 g/mol. The summed E-state index contributed by atoms with van der Waals surface area (Å²) in [7, 11) is -16.0. The third kappa shape index (κ3) is 16.0. The Balaban J connectivity index is 0. The van der Waals surface area contributed by atoms with Gasteiger partial charge in [-0.2, -0.15) is 0 Å². The summed E-state index contributed by atoms with van der Waals surface area (Å²) in [5, 5.41) is 73.0. The van der Waals surface area contributed by atoms with Gasteiger partial charge in [-0.1, -0.05) is 0 Å². The van der Waals surface area contributed by atoms with Crippen molar-refractivity contribution in [2.45, 2.75) is 92.1 Å². The largest absolute Gasteiger partial charge is 1.00 e. The molecule has 52 heavy (non-hydrogen) atoms. The molecule has 0 bridgehead atoms. The van der Waals surface area contributed by atoms with Crippen LogP contribution in [0.15, 0.2) is 0 Å². The number of aliphatic carboxylic acids is 1. The van der Waals surface area contributed by atoms with Crippen molar-refractivity contribution in [2.75, 3.05) is 20.3 Å². The van der Waals surface area contributed by atoms with Crippen molar-refractivity contribution in [1.29, 1.82) is 0 Å². The molecule has 0 saturated carbocycles. The standard InChI is InChI=1S/C19H33NO25S3.4Na/c1-38-12-5(3-40-47(32,33)34)42-18(6(8(12)22)20-46(29,30)31)43-13-11(25)14(45-48(35,36)37)19(44-15(13)16(26)27)39-2-4-7(21)9(23)10(24)17(28)41-4;;;;/h4-15,17-25,28H,2-3H2,1H3,(H,26,27)(H,29,30,31)(H,32,33,34)(H,35,36,37);;;;/q;4*+1/p-4/t4-,5-,6-,7-,8-,9+,10-,11+,12-,13+,14-,15-,17?,18-,19-;;;;/m1..../s1. The van der Waals surface area contributed by atoms with Crippen molar-refractivity contribution >= 4 is 37.1 Å². The van der Waals surface area contributed by atoms with Crippen molar-refractivity contribution in [3.05, 3.63) is 0 Å². The first-order chi connectivity index (χ1) is 21.9. The van der Waals surface area contributed by atoms with E-state index in [2.05, 4.69) is 8.37 Å². The van der Waals surface area contributed by atoms with Crippen molar-refractivity contribution in [2.24, 2.45) is 0 Å². The zero-order valence-corrected chi connectivity index (χ0v) is 38.2. The van der Waals surface area contributed by atoms with E-state index in [0.717, 1.165) is 7.11 Å². The summed E-state index contributed by atoms with van der Waals surface area (Å²) in [5.41, 5.74) is 0. The quantitative estimate of drug-likeness (QED) is 0.0484. The number of hydrogen-bond donors (Lipinski definition) is 7. The van der Waals surface area contributed by atoms with Gasteiger partial charge in [-0.3, -0.25) is 8.37 Å². The minimum absolute atomic E-state index is 0. The SMILES string of the molecule is CO[C@H]1[C@H](O)[C@@H](NS(=O)(=O)[O-])[C@@H](O[C@H]2[C@H](O)[C@@H](OS(=O)(=O)[O-])[C@H](OC[C@H]3OC(O)[C@H](O)[C@@H](O)[C@@H]3O)O[C@H]2C(=O)[O-])O[C@@H]1COS(=O)(=O)[O-].[Na+].[Na+].[Na+].[Na+]. The molecule has 282 valence electrons. The van der Waals surface area contributed by atoms with Gasteiger partial charge >= 0.3 is 118 Å². The average Bonchev–Trinajstić information content (AvgIpc) is 2.94. The van der Waals surface area contributed by atoms with Gasteiger partial charge in [0.05, 0.1) is 19.2 Å². The van der Waals surface area contributed by atoms with Crippen LogP contribution in [0, 0.1) is 0 Å². The van der Waals surface area contributed by atoms with Crippen molar-refractivity contribution < 1.29 is 234 Å². The smallest absolute Gasteiger partial charge is 0.735 e. The number of rotatable bonds is 14. The van der Waals surface area contributed by atoms with Gasteiger partial charge < -0.3 is 82.6 Å². The Hall–Kier alpha value is 2.60. The number of nitrogens with one attached hydrogen (secondary N) is 1. The van der Waals surface area contributed by atoms with E-state index in [-0.39, 0.29) is 118 Å². The zero-order chi connectivity index (χ0) is 36.5. The van der Waals surface area contributed by atoms with Gasteiger partial charge in [0.15, 0.2) is 35.3 Å². The molecule has 3 aliphatic rings. The van der Waals surface area contributed by atoms with Crippen LogP contribution in [0.3, 0.4) is 0 Å². The van der Waals surface area contributed by atoms with Crippen molar-refractivity contribution in [1.82, 2.24) is 4.72 Å². The molecule has 3 fully saturated rings. The van der Waals surface area contributed by atoms with Gasteiger partial charge in [-0.05, 0) is 0 Å². The van der Waals surface area contributed by atoms with Crippen molar-refractivity contribution in [3.8, 4) is 0 Å². The van der Waals surface area contributed by atoms with Gasteiger partial charge in [0.1, 0.15) is 67.1 Å². The zero-order valence-electron chi connectivity index (χ0n) is 27.7. The summed E-state index contributed by atoms with van der Waals surface area (Å²) in [4.78, 5) is 12.1. The second-order valence-electron chi connectivity index (χ2n) is 10.2. The summed E-state index contributed by atoms with van der Waals surface area (Å²) in [6, 6.07) is -2.30. The van der Waals surface area contributed by atoms with Crippen LogP contribution >= 0.6 is 0 Å². The second-order valence-corrected chi connectivity index (χ2v) is 13.4. The first kappa shape index (κ1) is 56.7. The number of carboxylic acid groups (broad SMARTS) is 1. The maximum Gasteiger partial charge on any atom is 1.00 e. The molecule has 33 heteroatoms. The van der Waals surface area contributed by atoms with E-state index in [4.69, 9.17) is 28.4 Å². The second kappa shape index (κ2) is 23.4. The first-order valence-electron chi connectivity index (χ1n) is 13.0. The molecule has 1 unspecified atom stereocenters. The van der Waals surface area contributed by atoms with Crippen LogP contribution in [0.25, 0.3) is 0 Å². The number of carbonyl (C=O) groups excluding carboxylic acids is 1. The van der Waals surface area contributed by atoms with Crippen LogP contribution in [0.1, 0.15) is 0 Å². The van der Waals surface area contributed by atoms with Crippen LogP contribution < -0.4 is 128 Å². The fourth-order valence-electron chi connectivity index (χ4n) is 4.86. The molecule has 0 aromatic heterocycles. The molecule has 15 atom stereocenters. The summed E-state index contributed by atoms with van der Waals surface area (Å²) < 4.78 is 142. The Labute approximate surface area is 384 Å². The number of ether oxygens (including phenoxy) is 6. The summed E-state index contributed by atoms with van der Waals surface area (Å²) in [5.74, 6) is -2.30. The average molecular weight is 860 g/mol. The maximum atomic E-state index is 12.1. The molecule has 0 spiro atoms. The topological polar surface area (TPSA) is 419 Å². The van der Waals surface area contributed by atoms with Gasteiger partial charge in [0, 0.05) is 7.11 Å². The minimum Gasteiger partial charge on any atom is -0.735 e. The number of aliphatic hydroxyl groups is 6. The molecule has 3 aliphatic heterocycles. The van der Waals surface area contributed by atoms with Crippen LogP contribution in [0.4, 0.5) is 0 Å². The van der Waals surface area contributed by atoms with Gasteiger partial charge in [0.2, 0.25) is 20.8 Å². The van der Waals surface area contributed by atoms with E-state index in [1.165, 1.54) is 4.72 Å². The molecule has 3 saturated heterocycles. The number of hydrogen-bond acceptors (Lipinski definition) is 25. The Morgan fingerprint density at radius 3 is 1.75 bits per heavy atom. The predicted octanol–water partition coefficient (Wildman–Crippen LogP) is -22.1. The molecule has 0 aromatic carbocycles. The van der Waals surface area contributed by atoms with Crippen LogP contribution in [-0.4, -0.2) is 188 Å². The maximum absolute atomic E-state index is 12.1. The van der Waals surface area contributed by atoms with Crippen LogP contribution in [0.5, 0.6) is 0 Å². The number of methoxy groups -OCH3 is 1. The van der Waals surface area contributed by atoms with Gasteiger partial charge in [-0.15, -0.1) is 0 Å². The third-order valence-corrected chi connectivity index (χ3v) is 8.43. The number of aliphatic hydroxyl groups excluding tert-OH is 6. The molecule has 0 aliphatic carbocycles. The van der Waals surface area contributed by atoms with Gasteiger partial charge in [0.25, 0.3) is 0 Å². The van der Waals surface area contributed by atoms with E-state index in [0.29, 0.717) is 0 Å². The summed E-state index contributed by atoms with van der Waals surface area (Å²) in [6.45, 7) is -2.32. The molecule has 26 nitrogen and oxygen atoms in total. The fourth-order valence-corrected chi connectivity index (χ4v) is 6.22. The van der Waals surface area contributed by atoms with Crippen LogP contribution in [0.2, 0.25) is 0 Å². The molecule has 0 amide bonds. The first-order valence-corrected chi connectivity index (χ1v) is 17.0. The number of carboxylic acids is 1. The predicted molar refractivity (Wildman–Crippen MR) is 132 cm³/mol. The van der Waals surface area contributed by atoms with E-state index in [1.807, 2.05) is 0 Å². The van der Waals surface area contributed by atoms with Gasteiger partial charge in [-0.25, -0.2) is 30.0 Å². The molecule has 7 N–H and O–H groups in total. The Bertz CT molecular complexity index is 1450. The van der Waals surface area contributed by atoms with E-state index in [9.17, 15) is 79.5 Å². The third-order valence-electron chi connectivity index (χ3n) is 6.99. The Morgan fingerprint density at radius 2 is 1.27 bits per heavy atom. The molecular formula is C19H29NNa4O25S3. The fraction of sp³-hybridized carbons (Fsp3) is 0.947. The molecule has 3 rings (SSSR count). The van der Waals surface area contributed by atoms with Crippen LogP contribution in [-0.2, 0) is 72.7 Å². The Kier molecular flexibility index (Phi) is 25.5. The van der Waals surface area contributed by atoms with Crippen molar-refractivity contribution in [3.63, 3.8) is 0 Å². The Morgan fingerprint density at radius 1 is 0.692 bits per heavy atom. The number of carbonyl (C=O) groups is 1. The molecule has 0 radical (unpaired) electrons. The summed E-state index contributed by atoms with van der Waals surface area (Å²) in [6.07, 6.45) is -31.3. The summed E-state index contributed by atoms with van der Waals surface area (Å²) >= 11 is 0. The normalized spacial score (nSPS) is 38.4. The van der Waals surface area contributed by atoms with E-state index < -0.39 is 142 Å². The van der Waals surface area contributed by atoms with E-state index in [1.54, 1.807) is 0 Å². The monoisotopic (exact) mass is 859 g/mol. The minimum atomic E-state index is -5.85. The molecule has 3 heterocycles. The molecule has 0 aromatic rings. The van der Waals surface area contributed by atoms with E-state index >= 15 is 0 Å².